The maximum Gasteiger partial charge on any atom is 0.319 e. The van der Waals surface area contributed by atoms with Gasteiger partial charge < -0.3 is 10.6 Å². The average molecular weight is 343 g/mol. The van der Waals surface area contributed by atoms with E-state index >= 15 is 0 Å². The molecule has 1 aromatic carbocycles. The van der Waals surface area contributed by atoms with Gasteiger partial charge in [0.25, 0.3) is 0 Å². The zero-order valence-electron chi connectivity index (χ0n) is 13.0. The molecule has 1 aromatic rings. The summed E-state index contributed by atoms with van der Waals surface area (Å²) in [6, 6.07) is 5.37. The Hall–Kier alpha value is -1.07. The third-order valence-corrected chi connectivity index (χ3v) is 6.30. The molecule has 0 spiro atoms. The maximum absolute atomic E-state index is 12.1. The molecule has 4 nitrogen and oxygen atoms in total. The molecule has 122 valence electrons. The summed E-state index contributed by atoms with van der Waals surface area (Å²) in [5, 5.41) is 6.54. The van der Waals surface area contributed by atoms with Crippen molar-refractivity contribution < 1.29 is 9.00 Å². The van der Waals surface area contributed by atoms with Crippen LogP contribution in [0.2, 0.25) is 5.02 Å². The second-order valence-electron chi connectivity index (χ2n) is 5.69. The van der Waals surface area contributed by atoms with Crippen LogP contribution in [-0.2, 0) is 10.8 Å². The van der Waals surface area contributed by atoms with Crippen LogP contribution in [0.25, 0.3) is 0 Å². The zero-order chi connectivity index (χ0) is 16.1. The number of rotatable bonds is 4. The standard InChI is InChI=1S/C16H23ClN2O2S/c1-3-22(21)13-8-5-7-12(10-13)18-16(20)19-14-9-4-6-11(2)15(14)17/h4,6,9,12-13H,3,5,7-8,10H2,1-2H3,(H2,18,19,20)/t12-,13-,22+/m0/s1. The Bertz CT molecular complexity index is 565. The minimum Gasteiger partial charge on any atom is -0.335 e. The van der Waals surface area contributed by atoms with Crippen LogP contribution in [-0.4, -0.2) is 27.3 Å². The average Bonchev–Trinajstić information content (AvgIpc) is 2.51. The molecule has 0 unspecified atom stereocenters. The predicted octanol–water partition coefficient (Wildman–Crippen LogP) is 3.85. The van der Waals surface area contributed by atoms with Crippen molar-refractivity contribution in [3.8, 4) is 0 Å². The van der Waals surface area contributed by atoms with Gasteiger partial charge in [-0.25, -0.2) is 4.79 Å². The highest BCUT2D eigenvalue weighted by Crippen LogP contribution is 2.26. The van der Waals surface area contributed by atoms with Crippen LogP contribution in [0.4, 0.5) is 10.5 Å². The fourth-order valence-corrected chi connectivity index (χ4v) is 4.36. The topological polar surface area (TPSA) is 58.2 Å². The molecular formula is C16H23ClN2O2S. The van der Waals surface area contributed by atoms with Gasteiger partial charge in [0.2, 0.25) is 0 Å². The number of aryl methyl sites for hydroxylation is 1. The second kappa shape index (κ2) is 7.97. The molecule has 0 aromatic heterocycles. The lowest BCUT2D eigenvalue weighted by atomic mass is 9.95. The SMILES string of the molecule is CC[S@@](=O)[C@H]1CCC[C@H](NC(=O)Nc2cccc(C)c2Cl)C1. The van der Waals surface area contributed by atoms with Crippen molar-refractivity contribution in [3.05, 3.63) is 28.8 Å². The summed E-state index contributed by atoms with van der Waals surface area (Å²) in [6.45, 7) is 3.84. The summed E-state index contributed by atoms with van der Waals surface area (Å²) >= 11 is 6.18. The van der Waals surface area contributed by atoms with Gasteiger partial charge in [0, 0.05) is 27.8 Å². The van der Waals surface area contributed by atoms with E-state index in [-0.39, 0.29) is 17.3 Å². The highest BCUT2D eigenvalue weighted by Gasteiger charge is 2.26. The zero-order valence-corrected chi connectivity index (χ0v) is 14.6. The number of nitrogens with one attached hydrogen (secondary N) is 2. The summed E-state index contributed by atoms with van der Waals surface area (Å²) in [7, 11) is -0.786. The largest absolute Gasteiger partial charge is 0.335 e. The quantitative estimate of drug-likeness (QED) is 0.873. The molecule has 0 heterocycles. The summed E-state index contributed by atoms with van der Waals surface area (Å²) in [5.74, 6) is 0.683. The molecule has 1 fully saturated rings. The first-order valence-corrected chi connectivity index (χ1v) is 9.47. The first kappa shape index (κ1) is 17.3. The molecule has 6 heteroatoms. The lowest BCUT2D eigenvalue weighted by Crippen LogP contribution is -2.43. The lowest BCUT2D eigenvalue weighted by molar-refractivity contribution is 0.244. The van der Waals surface area contributed by atoms with Crippen molar-refractivity contribution in [2.75, 3.05) is 11.1 Å². The number of hydrogen-bond acceptors (Lipinski definition) is 2. The van der Waals surface area contributed by atoms with Crippen LogP contribution in [0.15, 0.2) is 18.2 Å². The molecule has 2 rings (SSSR count). The van der Waals surface area contributed by atoms with Crippen LogP contribution in [0.3, 0.4) is 0 Å². The maximum atomic E-state index is 12.1. The van der Waals surface area contributed by atoms with Crippen LogP contribution >= 0.6 is 11.6 Å². The van der Waals surface area contributed by atoms with Crippen LogP contribution < -0.4 is 10.6 Å². The van der Waals surface area contributed by atoms with Gasteiger partial charge in [0.15, 0.2) is 0 Å². The van der Waals surface area contributed by atoms with E-state index < -0.39 is 10.8 Å². The number of halogens is 1. The molecule has 0 bridgehead atoms. The van der Waals surface area contributed by atoms with E-state index in [4.69, 9.17) is 11.6 Å². The van der Waals surface area contributed by atoms with E-state index in [0.717, 1.165) is 31.2 Å². The lowest BCUT2D eigenvalue weighted by Gasteiger charge is -2.29. The summed E-state index contributed by atoms with van der Waals surface area (Å²) in [5.41, 5.74) is 1.54. The number of urea groups is 1. The van der Waals surface area contributed by atoms with Gasteiger partial charge in [-0.1, -0.05) is 37.1 Å². The molecule has 0 saturated heterocycles. The highest BCUT2D eigenvalue weighted by molar-refractivity contribution is 7.85. The molecule has 0 radical (unpaired) electrons. The van der Waals surface area contributed by atoms with E-state index in [2.05, 4.69) is 10.6 Å². The molecule has 22 heavy (non-hydrogen) atoms. The van der Waals surface area contributed by atoms with Gasteiger partial charge in [0.1, 0.15) is 0 Å². The van der Waals surface area contributed by atoms with Crippen molar-refractivity contribution in [2.45, 2.75) is 50.8 Å². The highest BCUT2D eigenvalue weighted by atomic mass is 35.5. The second-order valence-corrected chi connectivity index (χ2v) is 8.07. The van der Waals surface area contributed by atoms with E-state index in [1.807, 2.05) is 26.0 Å². The fourth-order valence-electron chi connectivity index (χ4n) is 2.84. The van der Waals surface area contributed by atoms with Crippen LogP contribution in [0.5, 0.6) is 0 Å². The number of carbonyl (C=O) groups is 1. The van der Waals surface area contributed by atoms with E-state index in [9.17, 15) is 9.00 Å². The summed E-state index contributed by atoms with van der Waals surface area (Å²) in [6.07, 6.45) is 3.72. The Morgan fingerprint density at radius 2 is 2.18 bits per heavy atom. The normalized spacial score (nSPS) is 22.9. The van der Waals surface area contributed by atoms with E-state index in [1.54, 1.807) is 6.07 Å². The fraction of sp³-hybridized carbons (Fsp3) is 0.562. The van der Waals surface area contributed by atoms with Crippen molar-refractivity contribution in [3.63, 3.8) is 0 Å². The van der Waals surface area contributed by atoms with Gasteiger partial charge in [-0.05, 0) is 37.8 Å². The Morgan fingerprint density at radius 1 is 1.41 bits per heavy atom. The van der Waals surface area contributed by atoms with Gasteiger partial charge in [-0.15, -0.1) is 0 Å². The Labute approximate surface area is 139 Å². The molecule has 1 saturated carbocycles. The Balaban J connectivity index is 1.91. The molecule has 2 amide bonds. The number of benzene rings is 1. The summed E-state index contributed by atoms with van der Waals surface area (Å²) < 4.78 is 11.9. The minimum absolute atomic E-state index is 0.0813. The third kappa shape index (κ3) is 4.46. The molecular weight excluding hydrogens is 320 g/mol. The number of anilines is 1. The van der Waals surface area contributed by atoms with Gasteiger partial charge in [-0.3, -0.25) is 4.21 Å². The number of carbonyl (C=O) groups excluding carboxylic acids is 1. The Kier molecular flexibility index (Phi) is 6.26. The smallest absolute Gasteiger partial charge is 0.319 e. The number of hydrogen-bond donors (Lipinski definition) is 2. The Morgan fingerprint density at radius 3 is 2.91 bits per heavy atom. The van der Waals surface area contributed by atoms with Crippen molar-refractivity contribution in [2.24, 2.45) is 0 Å². The third-order valence-electron chi connectivity index (χ3n) is 4.06. The molecule has 1 aliphatic rings. The minimum atomic E-state index is -0.786. The molecule has 0 aliphatic heterocycles. The van der Waals surface area contributed by atoms with Gasteiger partial charge in [0.05, 0.1) is 10.7 Å². The molecule has 1 aliphatic carbocycles. The first-order valence-electron chi connectivity index (χ1n) is 7.71. The van der Waals surface area contributed by atoms with Crippen molar-refractivity contribution in [1.29, 1.82) is 0 Å². The predicted molar refractivity (Wildman–Crippen MR) is 93.1 cm³/mol. The van der Waals surface area contributed by atoms with E-state index in [1.165, 1.54) is 0 Å². The van der Waals surface area contributed by atoms with Crippen molar-refractivity contribution in [1.82, 2.24) is 5.32 Å². The van der Waals surface area contributed by atoms with Gasteiger partial charge in [-0.2, -0.15) is 0 Å². The monoisotopic (exact) mass is 342 g/mol. The van der Waals surface area contributed by atoms with Crippen LogP contribution in [0.1, 0.15) is 38.2 Å². The molecule has 2 N–H and O–H groups in total. The first-order chi connectivity index (χ1) is 10.5. The van der Waals surface area contributed by atoms with Crippen molar-refractivity contribution >= 4 is 34.1 Å². The number of amides is 2. The van der Waals surface area contributed by atoms with Crippen LogP contribution in [0, 0.1) is 6.92 Å². The van der Waals surface area contributed by atoms with Gasteiger partial charge >= 0.3 is 6.03 Å². The molecule has 3 atom stereocenters. The van der Waals surface area contributed by atoms with E-state index in [0.29, 0.717) is 16.5 Å². The summed E-state index contributed by atoms with van der Waals surface area (Å²) in [4.78, 5) is 12.1.